The average molecular weight is 413 g/mol. The van der Waals surface area contributed by atoms with E-state index in [4.69, 9.17) is 13.3 Å². The minimum Gasteiger partial charge on any atom is -0.370 e. The molecule has 0 aliphatic heterocycles. The molecule has 1 rings (SSSR count). The molecule has 0 spiro atoms. The monoisotopic (exact) mass is 412 g/mol. The minimum absolute atomic E-state index is 0.467. The third-order valence-corrected chi connectivity index (χ3v) is 8.60. The number of allylic oxidation sites excluding steroid dienone is 2. The molecule has 4 nitrogen and oxygen atoms in total. The van der Waals surface area contributed by atoms with Crippen molar-refractivity contribution in [2.24, 2.45) is 0 Å². The predicted molar refractivity (Wildman–Crippen MR) is 118 cm³/mol. The van der Waals surface area contributed by atoms with Crippen molar-refractivity contribution >= 4 is 14.6 Å². The van der Waals surface area contributed by atoms with Gasteiger partial charge in [-0.25, -0.2) is 0 Å². The molecule has 164 valence electrons. The van der Waals surface area contributed by atoms with Gasteiger partial charge in [0.05, 0.1) is 0 Å². The van der Waals surface area contributed by atoms with Gasteiger partial charge < -0.3 is 13.3 Å². The Bertz CT molecular complexity index is 419. The van der Waals surface area contributed by atoms with Crippen molar-refractivity contribution in [3.63, 3.8) is 0 Å². The van der Waals surface area contributed by atoms with E-state index in [1.165, 1.54) is 43.7 Å². The summed E-state index contributed by atoms with van der Waals surface area (Å²) in [7, 11) is -2.76. The lowest BCUT2D eigenvalue weighted by atomic mass is 10.0. The van der Waals surface area contributed by atoms with Gasteiger partial charge in [0.15, 0.2) is 0 Å². The maximum Gasteiger partial charge on any atom is 0.532 e. The molecule has 0 fully saturated rings. The van der Waals surface area contributed by atoms with Crippen LogP contribution in [0.1, 0.15) is 111 Å². The standard InChI is InChI=1S/C23H44O4Si/c1-4-25-28(26-5-2,27-6-3)23-20-16-12-8-7-10-14-18-22(24)19-15-11-9-13-17-21-23/h20H,4-19,21H2,1-3H3/b23-20+. The zero-order chi connectivity index (χ0) is 20.5. The molecule has 28 heavy (non-hydrogen) atoms. The second-order valence-electron chi connectivity index (χ2n) is 7.70. The number of carbonyl (C=O) groups excluding carboxylic acids is 1. The van der Waals surface area contributed by atoms with Gasteiger partial charge in [0.1, 0.15) is 5.78 Å². The summed E-state index contributed by atoms with van der Waals surface area (Å²) in [6.45, 7) is 7.95. The number of ketones is 1. The zero-order valence-corrected chi connectivity index (χ0v) is 19.7. The molecule has 1 aliphatic carbocycles. The molecule has 1 aliphatic rings. The van der Waals surface area contributed by atoms with Crippen LogP contribution < -0.4 is 0 Å². The molecule has 0 aromatic carbocycles. The van der Waals surface area contributed by atoms with Crippen molar-refractivity contribution in [2.75, 3.05) is 19.8 Å². The van der Waals surface area contributed by atoms with E-state index in [1.54, 1.807) is 0 Å². The molecule has 0 heterocycles. The van der Waals surface area contributed by atoms with Gasteiger partial charge in [0, 0.05) is 32.7 Å². The fraction of sp³-hybridized carbons (Fsp3) is 0.870. The van der Waals surface area contributed by atoms with E-state index in [9.17, 15) is 4.79 Å². The zero-order valence-electron chi connectivity index (χ0n) is 18.7. The van der Waals surface area contributed by atoms with E-state index >= 15 is 0 Å². The smallest absolute Gasteiger partial charge is 0.370 e. The van der Waals surface area contributed by atoms with E-state index < -0.39 is 8.80 Å². The Morgan fingerprint density at radius 3 is 1.61 bits per heavy atom. The minimum atomic E-state index is -2.76. The summed E-state index contributed by atoms with van der Waals surface area (Å²) in [6.07, 6.45) is 17.6. The van der Waals surface area contributed by atoms with Crippen LogP contribution in [0.25, 0.3) is 0 Å². The van der Waals surface area contributed by atoms with Gasteiger partial charge in [-0.3, -0.25) is 4.79 Å². The molecule has 0 aromatic heterocycles. The van der Waals surface area contributed by atoms with Gasteiger partial charge >= 0.3 is 8.80 Å². The number of carbonyl (C=O) groups is 1. The van der Waals surface area contributed by atoms with E-state index in [0.717, 1.165) is 51.4 Å². The highest BCUT2D eigenvalue weighted by Gasteiger charge is 2.44. The van der Waals surface area contributed by atoms with E-state index in [2.05, 4.69) is 6.08 Å². The summed E-state index contributed by atoms with van der Waals surface area (Å²) in [5.74, 6) is 0.467. The van der Waals surface area contributed by atoms with Gasteiger partial charge in [0.2, 0.25) is 0 Å². The highest BCUT2D eigenvalue weighted by Crippen LogP contribution is 2.27. The lowest BCUT2D eigenvalue weighted by molar-refractivity contribution is -0.119. The summed E-state index contributed by atoms with van der Waals surface area (Å²) in [6, 6.07) is 0. The molecule has 5 heteroatoms. The largest absolute Gasteiger partial charge is 0.532 e. The van der Waals surface area contributed by atoms with Crippen LogP contribution in [0.3, 0.4) is 0 Å². The molecule has 0 amide bonds. The second kappa shape index (κ2) is 16.3. The average Bonchev–Trinajstić information content (AvgIpc) is 2.67. The first kappa shape index (κ1) is 25.5. The molecule has 0 N–H and O–H groups in total. The first-order chi connectivity index (χ1) is 13.7. The summed E-state index contributed by atoms with van der Waals surface area (Å²) in [4.78, 5) is 11.9. The van der Waals surface area contributed by atoms with Crippen LogP contribution in [0.4, 0.5) is 0 Å². The summed E-state index contributed by atoms with van der Waals surface area (Å²) in [5.41, 5.74) is 0. The Kier molecular flexibility index (Phi) is 14.9. The van der Waals surface area contributed by atoms with Crippen molar-refractivity contribution in [1.82, 2.24) is 0 Å². The van der Waals surface area contributed by atoms with Crippen LogP contribution in [0, 0.1) is 0 Å². The molecule has 0 aromatic rings. The Hall–Kier alpha value is -0.493. The first-order valence-electron chi connectivity index (χ1n) is 11.8. The van der Waals surface area contributed by atoms with Crippen molar-refractivity contribution in [1.29, 1.82) is 0 Å². The Labute approximate surface area is 174 Å². The van der Waals surface area contributed by atoms with Crippen molar-refractivity contribution in [3.05, 3.63) is 11.3 Å². The molecular formula is C23H44O4Si. The van der Waals surface area contributed by atoms with E-state index in [0.29, 0.717) is 25.6 Å². The molecule has 0 atom stereocenters. The highest BCUT2D eigenvalue weighted by atomic mass is 28.4. The molecule has 0 radical (unpaired) electrons. The molecular weight excluding hydrogens is 368 g/mol. The third kappa shape index (κ3) is 10.3. The fourth-order valence-electron chi connectivity index (χ4n) is 3.92. The second-order valence-corrected chi connectivity index (χ2v) is 10.3. The third-order valence-electron chi connectivity index (χ3n) is 5.35. The summed E-state index contributed by atoms with van der Waals surface area (Å²) < 4.78 is 18.5. The van der Waals surface area contributed by atoms with Gasteiger partial charge in [0.25, 0.3) is 0 Å². The van der Waals surface area contributed by atoms with Crippen molar-refractivity contribution < 1.29 is 18.1 Å². The first-order valence-corrected chi connectivity index (χ1v) is 13.5. The maximum atomic E-state index is 11.9. The number of hydrogen-bond donors (Lipinski definition) is 0. The van der Waals surface area contributed by atoms with Gasteiger partial charge in [-0.2, -0.15) is 0 Å². The van der Waals surface area contributed by atoms with E-state index in [1.807, 2.05) is 20.8 Å². The SMILES string of the molecule is CCO[Si](OCC)(OCC)/C1=C/CCCCCCCC(=O)CCCCCCC1. The molecule has 0 saturated carbocycles. The summed E-state index contributed by atoms with van der Waals surface area (Å²) in [5, 5.41) is 1.29. The predicted octanol–water partition coefficient (Wildman–Crippen LogP) is 6.54. The maximum absolute atomic E-state index is 11.9. The van der Waals surface area contributed by atoms with Crippen LogP contribution in [0.2, 0.25) is 0 Å². The Morgan fingerprint density at radius 1 is 0.679 bits per heavy atom. The molecule has 0 bridgehead atoms. The quantitative estimate of drug-likeness (QED) is 0.445. The van der Waals surface area contributed by atoms with Crippen LogP contribution in [-0.2, 0) is 18.1 Å². The fourth-order valence-corrected chi connectivity index (χ4v) is 6.74. The number of rotatable bonds is 7. The van der Waals surface area contributed by atoms with Gasteiger partial charge in [-0.15, -0.1) is 0 Å². The highest BCUT2D eigenvalue weighted by molar-refractivity contribution is 6.68. The lowest BCUT2D eigenvalue weighted by Crippen LogP contribution is -2.48. The van der Waals surface area contributed by atoms with Crippen molar-refractivity contribution in [3.8, 4) is 0 Å². The Balaban J connectivity index is 2.79. The van der Waals surface area contributed by atoms with Crippen LogP contribution >= 0.6 is 0 Å². The van der Waals surface area contributed by atoms with Gasteiger partial charge in [-0.1, -0.05) is 44.6 Å². The summed E-state index contributed by atoms with van der Waals surface area (Å²) >= 11 is 0. The normalized spacial score (nSPS) is 21.7. The molecule has 0 unspecified atom stereocenters. The van der Waals surface area contributed by atoms with E-state index in [-0.39, 0.29) is 0 Å². The van der Waals surface area contributed by atoms with Crippen LogP contribution in [-0.4, -0.2) is 34.4 Å². The topological polar surface area (TPSA) is 44.8 Å². The number of Topliss-reactive ketones (excluding diaryl/α,β-unsaturated/α-hetero) is 1. The Morgan fingerprint density at radius 2 is 1.11 bits per heavy atom. The number of hydrogen-bond acceptors (Lipinski definition) is 4. The molecule has 0 saturated heterocycles. The van der Waals surface area contributed by atoms with Crippen LogP contribution in [0.15, 0.2) is 11.3 Å². The van der Waals surface area contributed by atoms with Gasteiger partial charge in [-0.05, 0) is 64.5 Å². The van der Waals surface area contributed by atoms with Crippen molar-refractivity contribution in [2.45, 2.75) is 111 Å². The lowest BCUT2D eigenvalue weighted by Gasteiger charge is -2.31. The van der Waals surface area contributed by atoms with Crippen LogP contribution in [0.5, 0.6) is 0 Å².